The van der Waals surface area contributed by atoms with Crippen LogP contribution in [0.2, 0.25) is 0 Å². The lowest BCUT2D eigenvalue weighted by molar-refractivity contribution is -0.136. The first kappa shape index (κ1) is 21.9. The highest BCUT2D eigenvalue weighted by atomic mass is 16.4. The Morgan fingerprint density at radius 3 is 2.60 bits per heavy atom. The number of allylic oxidation sites excluding steroid dienone is 3. The van der Waals surface area contributed by atoms with E-state index in [1.54, 1.807) is 0 Å². The van der Waals surface area contributed by atoms with Gasteiger partial charge in [0.1, 0.15) is 0 Å². The number of carboxylic acids is 1. The minimum Gasteiger partial charge on any atom is -0.481 e. The third kappa shape index (κ3) is 9.22. The molecule has 0 bridgehead atoms. The standard InChI is InChI=1S/C21H36O4/c1-3-4-9-15-21(2,25)16-14-17-12-13-19(22)18(17)10-7-5-6-8-11-20(23)24/h5-6,14,16-19,22,25H,3-4,7-13,15H2,1-2H3,(H,23,24)/b6-5-,16-14+. The van der Waals surface area contributed by atoms with Gasteiger partial charge in [-0.2, -0.15) is 0 Å². The van der Waals surface area contributed by atoms with Gasteiger partial charge in [-0.15, -0.1) is 0 Å². The highest BCUT2D eigenvalue weighted by Crippen LogP contribution is 2.37. The van der Waals surface area contributed by atoms with Crippen LogP contribution >= 0.6 is 0 Å². The van der Waals surface area contributed by atoms with E-state index in [1.807, 2.05) is 25.2 Å². The molecule has 0 aliphatic heterocycles. The van der Waals surface area contributed by atoms with E-state index in [9.17, 15) is 15.0 Å². The SMILES string of the molecule is CCCCCC(C)(O)/C=C/C1CCC(O)C1CC/C=C\CCC(=O)O. The van der Waals surface area contributed by atoms with Crippen molar-refractivity contribution in [3.63, 3.8) is 0 Å². The quantitative estimate of drug-likeness (QED) is 0.358. The molecule has 0 aromatic rings. The van der Waals surface area contributed by atoms with Crippen LogP contribution in [-0.4, -0.2) is 33.0 Å². The molecular formula is C21H36O4. The van der Waals surface area contributed by atoms with E-state index in [-0.39, 0.29) is 18.4 Å². The Balaban J connectivity index is 2.44. The molecule has 144 valence electrons. The highest BCUT2D eigenvalue weighted by molar-refractivity contribution is 5.66. The van der Waals surface area contributed by atoms with Crippen LogP contribution in [0.4, 0.5) is 0 Å². The first-order valence-corrected chi connectivity index (χ1v) is 9.82. The van der Waals surface area contributed by atoms with E-state index >= 15 is 0 Å². The van der Waals surface area contributed by atoms with Crippen molar-refractivity contribution in [3.8, 4) is 0 Å². The number of aliphatic hydroxyl groups is 2. The molecular weight excluding hydrogens is 316 g/mol. The van der Waals surface area contributed by atoms with Gasteiger partial charge in [0, 0.05) is 6.42 Å². The van der Waals surface area contributed by atoms with Crippen molar-refractivity contribution in [1.29, 1.82) is 0 Å². The average molecular weight is 353 g/mol. The zero-order valence-electron chi connectivity index (χ0n) is 15.9. The molecule has 1 fully saturated rings. The van der Waals surface area contributed by atoms with E-state index in [0.29, 0.717) is 12.3 Å². The monoisotopic (exact) mass is 352 g/mol. The number of carbonyl (C=O) groups is 1. The van der Waals surface area contributed by atoms with Gasteiger partial charge in [0.05, 0.1) is 11.7 Å². The molecule has 0 saturated heterocycles. The van der Waals surface area contributed by atoms with E-state index in [1.165, 1.54) is 0 Å². The van der Waals surface area contributed by atoms with E-state index in [0.717, 1.165) is 51.4 Å². The topological polar surface area (TPSA) is 77.8 Å². The summed E-state index contributed by atoms with van der Waals surface area (Å²) in [4.78, 5) is 10.5. The lowest BCUT2D eigenvalue weighted by Gasteiger charge is -2.22. The number of hydrogen-bond donors (Lipinski definition) is 3. The van der Waals surface area contributed by atoms with Crippen molar-refractivity contribution >= 4 is 5.97 Å². The van der Waals surface area contributed by atoms with Gasteiger partial charge in [-0.25, -0.2) is 0 Å². The highest BCUT2D eigenvalue weighted by Gasteiger charge is 2.33. The Labute approximate surface area is 152 Å². The van der Waals surface area contributed by atoms with Gasteiger partial charge in [0.2, 0.25) is 0 Å². The van der Waals surface area contributed by atoms with Crippen molar-refractivity contribution in [2.75, 3.05) is 0 Å². The minimum absolute atomic E-state index is 0.168. The largest absolute Gasteiger partial charge is 0.481 e. The molecule has 1 rings (SSSR count). The molecule has 1 aliphatic rings. The maximum Gasteiger partial charge on any atom is 0.303 e. The molecule has 4 unspecified atom stereocenters. The van der Waals surface area contributed by atoms with Crippen LogP contribution in [0, 0.1) is 11.8 Å². The van der Waals surface area contributed by atoms with Crippen LogP contribution < -0.4 is 0 Å². The number of unbranched alkanes of at least 4 members (excludes halogenated alkanes) is 2. The molecule has 0 aromatic carbocycles. The van der Waals surface area contributed by atoms with Gasteiger partial charge < -0.3 is 15.3 Å². The first-order chi connectivity index (χ1) is 11.9. The van der Waals surface area contributed by atoms with Crippen molar-refractivity contribution in [1.82, 2.24) is 0 Å². The van der Waals surface area contributed by atoms with Crippen LogP contribution in [0.15, 0.2) is 24.3 Å². The molecule has 4 atom stereocenters. The Bertz CT molecular complexity index is 439. The van der Waals surface area contributed by atoms with E-state index < -0.39 is 11.6 Å². The van der Waals surface area contributed by atoms with Crippen LogP contribution in [0.1, 0.15) is 78.1 Å². The fourth-order valence-corrected chi connectivity index (χ4v) is 3.60. The van der Waals surface area contributed by atoms with Gasteiger partial charge in [-0.1, -0.05) is 50.5 Å². The molecule has 0 radical (unpaired) electrons. The van der Waals surface area contributed by atoms with E-state index in [4.69, 9.17) is 5.11 Å². The van der Waals surface area contributed by atoms with Gasteiger partial charge in [-0.3, -0.25) is 4.79 Å². The molecule has 0 spiro atoms. The summed E-state index contributed by atoms with van der Waals surface area (Å²) >= 11 is 0. The van der Waals surface area contributed by atoms with Crippen LogP contribution in [0.5, 0.6) is 0 Å². The number of aliphatic hydroxyl groups excluding tert-OH is 1. The summed E-state index contributed by atoms with van der Waals surface area (Å²) in [5.41, 5.74) is -0.760. The second-order valence-electron chi connectivity index (χ2n) is 7.63. The van der Waals surface area contributed by atoms with Crippen LogP contribution in [-0.2, 0) is 4.79 Å². The van der Waals surface area contributed by atoms with Crippen LogP contribution in [0.3, 0.4) is 0 Å². The van der Waals surface area contributed by atoms with Gasteiger partial charge in [0.15, 0.2) is 0 Å². The Morgan fingerprint density at radius 1 is 1.20 bits per heavy atom. The lowest BCUT2D eigenvalue weighted by atomic mass is 9.88. The summed E-state index contributed by atoms with van der Waals surface area (Å²) in [5.74, 6) is -0.223. The lowest BCUT2D eigenvalue weighted by Crippen LogP contribution is -2.22. The maximum atomic E-state index is 10.5. The first-order valence-electron chi connectivity index (χ1n) is 9.82. The Morgan fingerprint density at radius 2 is 1.92 bits per heavy atom. The Hall–Kier alpha value is -1.13. The number of rotatable bonds is 12. The molecule has 0 aromatic heterocycles. The molecule has 0 amide bonds. The molecule has 0 heterocycles. The zero-order valence-corrected chi connectivity index (χ0v) is 15.9. The average Bonchev–Trinajstić information content (AvgIpc) is 2.89. The zero-order chi connectivity index (χ0) is 18.7. The van der Waals surface area contributed by atoms with Crippen molar-refractivity contribution in [2.24, 2.45) is 11.8 Å². The fourth-order valence-electron chi connectivity index (χ4n) is 3.60. The van der Waals surface area contributed by atoms with Crippen molar-refractivity contribution in [3.05, 3.63) is 24.3 Å². The third-order valence-electron chi connectivity index (χ3n) is 5.19. The second kappa shape index (κ2) is 11.5. The number of aliphatic carboxylic acids is 1. The predicted molar refractivity (Wildman–Crippen MR) is 101 cm³/mol. The summed E-state index contributed by atoms with van der Waals surface area (Å²) in [6.07, 6.45) is 16.1. The maximum absolute atomic E-state index is 10.5. The molecule has 4 nitrogen and oxygen atoms in total. The summed E-state index contributed by atoms with van der Waals surface area (Å²) in [6.45, 7) is 4.02. The normalized spacial score (nSPS) is 26.5. The summed E-state index contributed by atoms with van der Waals surface area (Å²) < 4.78 is 0. The third-order valence-corrected chi connectivity index (χ3v) is 5.19. The van der Waals surface area contributed by atoms with Gasteiger partial charge in [0.25, 0.3) is 0 Å². The van der Waals surface area contributed by atoms with Crippen molar-refractivity contribution in [2.45, 2.75) is 89.8 Å². The number of carboxylic acid groups (broad SMARTS) is 1. The number of hydrogen-bond acceptors (Lipinski definition) is 3. The fraction of sp³-hybridized carbons (Fsp3) is 0.762. The minimum atomic E-state index is -0.771. The molecule has 4 heteroatoms. The smallest absolute Gasteiger partial charge is 0.303 e. The summed E-state index contributed by atoms with van der Waals surface area (Å²) in [5, 5.41) is 29.3. The molecule has 1 aliphatic carbocycles. The Kier molecular flexibility index (Phi) is 10.1. The summed E-state index contributed by atoms with van der Waals surface area (Å²) in [7, 11) is 0. The van der Waals surface area contributed by atoms with Gasteiger partial charge >= 0.3 is 5.97 Å². The molecule has 25 heavy (non-hydrogen) atoms. The van der Waals surface area contributed by atoms with E-state index in [2.05, 4.69) is 13.0 Å². The summed E-state index contributed by atoms with van der Waals surface area (Å²) in [6, 6.07) is 0. The van der Waals surface area contributed by atoms with Gasteiger partial charge in [-0.05, 0) is 57.3 Å². The molecule has 1 saturated carbocycles. The predicted octanol–water partition coefficient (Wildman–Crippen LogP) is 4.46. The van der Waals surface area contributed by atoms with Crippen molar-refractivity contribution < 1.29 is 20.1 Å². The van der Waals surface area contributed by atoms with Crippen LogP contribution in [0.25, 0.3) is 0 Å². The second-order valence-corrected chi connectivity index (χ2v) is 7.63. The molecule has 3 N–H and O–H groups in total.